The molecule has 64 valence electrons. The monoisotopic (exact) mass is 170 g/mol. The molecule has 3 nitrogen and oxygen atoms in total. The molecule has 0 aliphatic carbocycles. The van der Waals surface area contributed by atoms with Gasteiger partial charge in [-0.25, -0.2) is 9.18 Å². The number of halogens is 1. The summed E-state index contributed by atoms with van der Waals surface area (Å²) >= 11 is 0. The van der Waals surface area contributed by atoms with Gasteiger partial charge in [0.1, 0.15) is 17.1 Å². The zero-order valence-corrected chi connectivity index (χ0v) is 6.34. The summed E-state index contributed by atoms with van der Waals surface area (Å²) in [7, 11) is 0. The molecule has 0 unspecified atom stereocenters. The van der Waals surface area contributed by atoms with Crippen molar-refractivity contribution in [2.75, 3.05) is 0 Å². The maximum atomic E-state index is 12.7. The number of rotatable bonds is 1. The number of aromatic hydroxyl groups is 1. The summed E-state index contributed by atoms with van der Waals surface area (Å²) in [4.78, 5) is 10.4. The first-order chi connectivity index (χ1) is 5.52. The molecule has 0 amide bonds. The minimum atomic E-state index is -1.27. The zero-order chi connectivity index (χ0) is 9.30. The standard InChI is InChI=1S/C8H7FO3/c1-4-2-5(8(11)12)7(10)3-6(4)9/h2-3,10H,1H3,(H,11,12). The van der Waals surface area contributed by atoms with Crippen molar-refractivity contribution in [1.82, 2.24) is 0 Å². The van der Waals surface area contributed by atoms with Crippen molar-refractivity contribution >= 4 is 5.97 Å². The molecule has 0 spiro atoms. The van der Waals surface area contributed by atoms with E-state index in [2.05, 4.69) is 0 Å². The minimum absolute atomic E-state index is 0.199. The van der Waals surface area contributed by atoms with Crippen molar-refractivity contribution in [3.8, 4) is 5.75 Å². The molecule has 0 radical (unpaired) electrons. The van der Waals surface area contributed by atoms with Crippen LogP contribution >= 0.6 is 0 Å². The van der Waals surface area contributed by atoms with Crippen LogP contribution in [-0.2, 0) is 0 Å². The average Bonchev–Trinajstić information content (AvgIpc) is 1.96. The molecule has 0 saturated carbocycles. The summed E-state index contributed by atoms with van der Waals surface area (Å²) in [6.07, 6.45) is 0. The Morgan fingerprint density at radius 3 is 2.58 bits per heavy atom. The van der Waals surface area contributed by atoms with Gasteiger partial charge in [-0.3, -0.25) is 0 Å². The quantitative estimate of drug-likeness (QED) is 0.672. The number of aromatic carboxylic acids is 1. The predicted molar refractivity (Wildman–Crippen MR) is 39.8 cm³/mol. The van der Waals surface area contributed by atoms with Gasteiger partial charge in [-0.15, -0.1) is 0 Å². The fourth-order valence-corrected chi connectivity index (χ4v) is 0.842. The molecule has 0 fully saturated rings. The van der Waals surface area contributed by atoms with Crippen LogP contribution in [-0.4, -0.2) is 16.2 Å². The normalized spacial score (nSPS) is 9.83. The SMILES string of the molecule is Cc1cc(C(=O)O)c(O)cc1F. The van der Waals surface area contributed by atoms with Crippen LogP contribution in [0.5, 0.6) is 5.75 Å². The van der Waals surface area contributed by atoms with Crippen molar-refractivity contribution in [2.24, 2.45) is 0 Å². The third-order valence-electron chi connectivity index (χ3n) is 1.51. The van der Waals surface area contributed by atoms with Crippen LogP contribution in [0.4, 0.5) is 4.39 Å². The van der Waals surface area contributed by atoms with Crippen LogP contribution < -0.4 is 0 Å². The van der Waals surface area contributed by atoms with Crippen LogP contribution in [0.25, 0.3) is 0 Å². The molecule has 1 aromatic carbocycles. The molecule has 4 heteroatoms. The van der Waals surface area contributed by atoms with Gasteiger partial charge in [-0.05, 0) is 18.6 Å². The van der Waals surface area contributed by atoms with E-state index in [4.69, 9.17) is 10.2 Å². The van der Waals surface area contributed by atoms with Crippen LogP contribution in [0.2, 0.25) is 0 Å². The number of aryl methyl sites for hydroxylation is 1. The molecule has 0 aliphatic heterocycles. The summed E-state index contributed by atoms with van der Waals surface area (Å²) in [5.41, 5.74) is -0.0842. The average molecular weight is 170 g/mol. The zero-order valence-electron chi connectivity index (χ0n) is 6.34. The fraction of sp³-hybridized carbons (Fsp3) is 0.125. The molecule has 0 atom stereocenters. The van der Waals surface area contributed by atoms with E-state index in [1.165, 1.54) is 6.92 Å². The second-order valence-electron chi connectivity index (χ2n) is 2.42. The largest absolute Gasteiger partial charge is 0.507 e. The first-order valence-electron chi connectivity index (χ1n) is 3.25. The number of benzene rings is 1. The summed E-state index contributed by atoms with van der Waals surface area (Å²) < 4.78 is 12.7. The lowest BCUT2D eigenvalue weighted by atomic mass is 10.1. The molecule has 0 saturated heterocycles. The van der Waals surface area contributed by atoms with Crippen LogP contribution in [0.15, 0.2) is 12.1 Å². The summed E-state index contributed by atoms with van der Waals surface area (Å²) in [6, 6.07) is 1.88. The fourth-order valence-electron chi connectivity index (χ4n) is 0.842. The first-order valence-corrected chi connectivity index (χ1v) is 3.25. The highest BCUT2D eigenvalue weighted by atomic mass is 19.1. The van der Waals surface area contributed by atoms with E-state index in [1.54, 1.807) is 0 Å². The van der Waals surface area contributed by atoms with E-state index < -0.39 is 17.5 Å². The van der Waals surface area contributed by atoms with E-state index in [0.717, 1.165) is 12.1 Å². The Labute approximate surface area is 68.1 Å². The first kappa shape index (κ1) is 8.52. The summed E-state index contributed by atoms with van der Waals surface area (Å²) in [5.74, 6) is -2.43. The van der Waals surface area contributed by atoms with Gasteiger partial charge in [0.2, 0.25) is 0 Å². The van der Waals surface area contributed by atoms with Gasteiger partial charge in [-0.1, -0.05) is 0 Å². The van der Waals surface area contributed by atoms with Gasteiger partial charge in [0, 0.05) is 6.07 Å². The number of carboxylic acid groups (broad SMARTS) is 1. The van der Waals surface area contributed by atoms with E-state index in [9.17, 15) is 9.18 Å². The number of carboxylic acids is 1. The molecule has 2 N–H and O–H groups in total. The van der Waals surface area contributed by atoms with Crippen LogP contribution in [0, 0.1) is 12.7 Å². The van der Waals surface area contributed by atoms with E-state index in [0.29, 0.717) is 0 Å². The van der Waals surface area contributed by atoms with Crippen LogP contribution in [0.3, 0.4) is 0 Å². The maximum absolute atomic E-state index is 12.7. The van der Waals surface area contributed by atoms with Crippen LogP contribution in [0.1, 0.15) is 15.9 Å². The highest BCUT2D eigenvalue weighted by molar-refractivity contribution is 5.90. The Kier molecular flexibility index (Phi) is 1.99. The molecule has 0 bridgehead atoms. The van der Waals surface area contributed by atoms with Crippen molar-refractivity contribution in [3.63, 3.8) is 0 Å². The topological polar surface area (TPSA) is 57.5 Å². The molecule has 1 aromatic rings. The second-order valence-corrected chi connectivity index (χ2v) is 2.42. The van der Waals surface area contributed by atoms with Crippen molar-refractivity contribution in [1.29, 1.82) is 0 Å². The highest BCUT2D eigenvalue weighted by Gasteiger charge is 2.11. The third kappa shape index (κ3) is 1.37. The van der Waals surface area contributed by atoms with Crippen molar-refractivity contribution in [3.05, 3.63) is 29.1 Å². The van der Waals surface area contributed by atoms with Gasteiger partial charge in [-0.2, -0.15) is 0 Å². The Morgan fingerprint density at radius 1 is 1.50 bits per heavy atom. The van der Waals surface area contributed by atoms with E-state index in [1.807, 2.05) is 0 Å². The molecular formula is C8H7FO3. The molecule has 12 heavy (non-hydrogen) atoms. The Bertz CT molecular complexity index is 333. The highest BCUT2D eigenvalue weighted by Crippen LogP contribution is 2.20. The number of hydrogen-bond acceptors (Lipinski definition) is 2. The van der Waals surface area contributed by atoms with Gasteiger partial charge < -0.3 is 10.2 Å². The molecule has 0 aliphatic rings. The lowest BCUT2D eigenvalue weighted by Crippen LogP contribution is -1.98. The number of phenols is 1. The van der Waals surface area contributed by atoms with E-state index >= 15 is 0 Å². The maximum Gasteiger partial charge on any atom is 0.339 e. The van der Waals surface area contributed by atoms with Crippen molar-refractivity contribution < 1.29 is 19.4 Å². The predicted octanol–water partition coefficient (Wildman–Crippen LogP) is 1.54. The third-order valence-corrected chi connectivity index (χ3v) is 1.51. The lowest BCUT2D eigenvalue weighted by molar-refractivity contribution is 0.0693. The molecule has 0 heterocycles. The Hall–Kier alpha value is -1.58. The van der Waals surface area contributed by atoms with Gasteiger partial charge in [0.15, 0.2) is 0 Å². The smallest absolute Gasteiger partial charge is 0.339 e. The second kappa shape index (κ2) is 2.81. The Morgan fingerprint density at radius 2 is 2.08 bits per heavy atom. The minimum Gasteiger partial charge on any atom is -0.507 e. The molecule has 0 aromatic heterocycles. The Balaban J connectivity index is 3.33. The summed E-state index contributed by atoms with van der Waals surface area (Å²) in [5, 5.41) is 17.5. The molecular weight excluding hydrogens is 163 g/mol. The summed E-state index contributed by atoms with van der Waals surface area (Å²) in [6.45, 7) is 1.43. The molecule has 1 rings (SSSR count). The number of carbonyl (C=O) groups is 1. The van der Waals surface area contributed by atoms with Gasteiger partial charge in [0.25, 0.3) is 0 Å². The van der Waals surface area contributed by atoms with Gasteiger partial charge >= 0.3 is 5.97 Å². The number of hydrogen-bond donors (Lipinski definition) is 2. The lowest BCUT2D eigenvalue weighted by Gasteiger charge is -2.01. The van der Waals surface area contributed by atoms with Crippen molar-refractivity contribution in [2.45, 2.75) is 6.92 Å². The van der Waals surface area contributed by atoms with Gasteiger partial charge in [0.05, 0.1) is 0 Å². The van der Waals surface area contributed by atoms with E-state index in [-0.39, 0.29) is 11.1 Å².